The van der Waals surface area contributed by atoms with E-state index in [0.717, 1.165) is 6.07 Å². The van der Waals surface area contributed by atoms with E-state index in [4.69, 9.17) is 16.7 Å². The quantitative estimate of drug-likeness (QED) is 0.755. The van der Waals surface area contributed by atoms with Gasteiger partial charge in [-0.05, 0) is 24.4 Å². The molecule has 0 saturated carbocycles. The van der Waals surface area contributed by atoms with Crippen molar-refractivity contribution < 1.29 is 13.3 Å². The van der Waals surface area contributed by atoms with E-state index in [0.29, 0.717) is 35.0 Å². The van der Waals surface area contributed by atoms with E-state index in [1.165, 1.54) is 10.6 Å². The van der Waals surface area contributed by atoms with Gasteiger partial charge >= 0.3 is 0 Å². The third kappa shape index (κ3) is 2.11. The number of hydrogen-bond donors (Lipinski definition) is 1. The first-order chi connectivity index (χ1) is 9.56. The maximum atomic E-state index is 13.9. The molecule has 1 N–H and O–H groups in total. The summed E-state index contributed by atoms with van der Waals surface area (Å²) in [5, 5.41) is 3.75. The van der Waals surface area contributed by atoms with Crippen LogP contribution in [0.3, 0.4) is 0 Å². The number of halogens is 2. The standard InChI is InChI=1S/C12H10F2N4OS/c1-6-15-9(17-19-6)4-5-18-11-8(16-12(18)20)3-2-7(13)10(11)14/h2-3H,4-5H2,1H3,(H,16,20). The van der Waals surface area contributed by atoms with Gasteiger partial charge < -0.3 is 14.1 Å². The second-order valence-electron chi connectivity index (χ2n) is 4.32. The van der Waals surface area contributed by atoms with Crippen molar-refractivity contribution in [1.82, 2.24) is 19.7 Å². The summed E-state index contributed by atoms with van der Waals surface area (Å²) in [7, 11) is 0. The van der Waals surface area contributed by atoms with Crippen molar-refractivity contribution >= 4 is 23.3 Å². The fourth-order valence-corrected chi connectivity index (χ4v) is 2.35. The van der Waals surface area contributed by atoms with E-state index < -0.39 is 11.6 Å². The van der Waals surface area contributed by atoms with E-state index >= 15 is 0 Å². The third-order valence-electron chi connectivity index (χ3n) is 2.95. The van der Waals surface area contributed by atoms with Crippen LogP contribution in [-0.4, -0.2) is 19.7 Å². The average molecular weight is 296 g/mol. The molecule has 0 atom stereocenters. The molecule has 2 heterocycles. The van der Waals surface area contributed by atoms with Crippen molar-refractivity contribution in [3.8, 4) is 0 Å². The van der Waals surface area contributed by atoms with Gasteiger partial charge in [0, 0.05) is 19.9 Å². The summed E-state index contributed by atoms with van der Waals surface area (Å²) in [5.74, 6) is -0.870. The molecule has 0 saturated heterocycles. The first-order valence-corrected chi connectivity index (χ1v) is 6.33. The summed E-state index contributed by atoms with van der Waals surface area (Å²) >= 11 is 5.13. The Morgan fingerprint density at radius 1 is 1.40 bits per heavy atom. The number of imidazole rings is 1. The van der Waals surface area contributed by atoms with Gasteiger partial charge in [-0.1, -0.05) is 5.16 Å². The summed E-state index contributed by atoms with van der Waals surface area (Å²) in [6.45, 7) is 2.01. The van der Waals surface area contributed by atoms with Gasteiger partial charge in [-0.3, -0.25) is 0 Å². The molecule has 1 aromatic carbocycles. The number of aryl methyl sites for hydroxylation is 3. The molecule has 0 aliphatic carbocycles. The summed E-state index contributed by atoms with van der Waals surface area (Å²) in [6.07, 6.45) is 0.411. The van der Waals surface area contributed by atoms with Gasteiger partial charge in [-0.15, -0.1) is 0 Å². The first kappa shape index (κ1) is 12.9. The van der Waals surface area contributed by atoms with Crippen LogP contribution in [0.1, 0.15) is 11.7 Å². The minimum absolute atomic E-state index is 0.121. The molecule has 0 unspecified atom stereocenters. The van der Waals surface area contributed by atoms with Crippen molar-refractivity contribution in [3.05, 3.63) is 40.3 Å². The number of hydrogen-bond acceptors (Lipinski definition) is 4. The molecule has 0 radical (unpaired) electrons. The molecule has 0 fully saturated rings. The Bertz CT molecular complexity index is 836. The number of fused-ring (bicyclic) bond motifs is 1. The number of nitrogens with zero attached hydrogens (tertiary/aromatic N) is 3. The average Bonchev–Trinajstić information content (AvgIpc) is 2.95. The van der Waals surface area contributed by atoms with Crippen LogP contribution in [0.4, 0.5) is 8.78 Å². The summed E-state index contributed by atoms with van der Waals surface area (Å²) in [6, 6.07) is 2.52. The van der Waals surface area contributed by atoms with Gasteiger partial charge in [-0.2, -0.15) is 4.98 Å². The zero-order chi connectivity index (χ0) is 14.3. The second-order valence-corrected chi connectivity index (χ2v) is 4.71. The molecule has 3 aromatic rings. The molecular formula is C12H10F2N4OS. The minimum Gasteiger partial charge on any atom is -0.340 e. The third-order valence-corrected chi connectivity index (χ3v) is 3.28. The van der Waals surface area contributed by atoms with E-state index in [1.54, 1.807) is 6.92 Å². The molecular weight excluding hydrogens is 286 g/mol. The first-order valence-electron chi connectivity index (χ1n) is 5.92. The molecule has 20 heavy (non-hydrogen) atoms. The Kier molecular flexibility index (Phi) is 3.09. The van der Waals surface area contributed by atoms with Crippen LogP contribution in [0, 0.1) is 23.3 Å². The van der Waals surface area contributed by atoms with Crippen molar-refractivity contribution in [2.75, 3.05) is 0 Å². The maximum absolute atomic E-state index is 13.9. The fourth-order valence-electron chi connectivity index (χ4n) is 2.06. The molecule has 0 aliphatic heterocycles. The Labute approximate surface area is 117 Å². The van der Waals surface area contributed by atoms with E-state index in [1.807, 2.05) is 0 Å². The largest absolute Gasteiger partial charge is 0.340 e. The van der Waals surface area contributed by atoms with Crippen molar-refractivity contribution in [2.45, 2.75) is 19.9 Å². The molecule has 0 aliphatic rings. The van der Waals surface area contributed by atoms with Gasteiger partial charge in [-0.25, -0.2) is 8.78 Å². The van der Waals surface area contributed by atoms with Crippen LogP contribution in [0.15, 0.2) is 16.7 Å². The Hall–Kier alpha value is -2.09. The SMILES string of the molecule is Cc1nc(CCn2c(=S)[nH]c3ccc(F)c(F)c32)no1. The lowest BCUT2D eigenvalue weighted by atomic mass is 10.3. The van der Waals surface area contributed by atoms with Crippen LogP contribution in [-0.2, 0) is 13.0 Å². The molecule has 0 bridgehead atoms. The smallest absolute Gasteiger partial charge is 0.223 e. The monoisotopic (exact) mass is 296 g/mol. The zero-order valence-electron chi connectivity index (χ0n) is 10.5. The Morgan fingerprint density at radius 2 is 2.20 bits per heavy atom. The van der Waals surface area contributed by atoms with Gasteiger partial charge in [0.05, 0.1) is 5.52 Å². The van der Waals surface area contributed by atoms with Gasteiger partial charge in [0.2, 0.25) is 5.89 Å². The molecule has 104 valence electrons. The number of rotatable bonds is 3. The zero-order valence-corrected chi connectivity index (χ0v) is 11.3. The topological polar surface area (TPSA) is 59.6 Å². The molecule has 8 heteroatoms. The van der Waals surface area contributed by atoms with E-state index in [9.17, 15) is 8.78 Å². The predicted molar refractivity (Wildman–Crippen MR) is 69.8 cm³/mol. The van der Waals surface area contributed by atoms with Crippen LogP contribution in [0.5, 0.6) is 0 Å². The molecule has 2 aromatic heterocycles. The van der Waals surface area contributed by atoms with E-state index in [2.05, 4.69) is 15.1 Å². The Morgan fingerprint density at radius 3 is 2.90 bits per heavy atom. The van der Waals surface area contributed by atoms with Crippen LogP contribution in [0.2, 0.25) is 0 Å². The summed E-state index contributed by atoms with van der Waals surface area (Å²) in [5.41, 5.74) is 0.577. The van der Waals surface area contributed by atoms with Gasteiger partial charge in [0.25, 0.3) is 0 Å². The predicted octanol–water partition coefficient (Wildman–Crippen LogP) is 2.91. The highest BCUT2D eigenvalue weighted by atomic mass is 32.1. The Balaban J connectivity index is 2.00. The fraction of sp³-hybridized carbons (Fsp3) is 0.250. The number of H-pyrrole nitrogens is 1. The summed E-state index contributed by atoms with van der Waals surface area (Å²) < 4.78 is 33.9. The molecule has 5 nitrogen and oxygen atoms in total. The lowest BCUT2D eigenvalue weighted by Crippen LogP contribution is -2.04. The molecule has 0 amide bonds. The lowest BCUT2D eigenvalue weighted by Gasteiger charge is -2.03. The normalized spacial score (nSPS) is 11.3. The van der Waals surface area contributed by atoms with E-state index in [-0.39, 0.29) is 5.52 Å². The van der Waals surface area contributed by atoms with Crippen LogP contribution >= 0.6 is 12.2 Å². The summed E-state index contributed by atoms with van der Waals surface area (Å²) in [4.78, 5) is 6.90. The number of aromatic nitrogens is 4. The highest BCUT2D eigenvalue weighted by Gasteiger charge is 2.14. The van der Waals surface area contributed by atoms with Gasteiger partial charge in [0.15, 0.2) is 22.2 Å². The van der Waals surface area contributed by atoms with Crippen LogP contribution in [0.25, 0.3) is 11.0 Å². The number of aromatic amines is 1. The second kappa shape index (κ2) is 4.78. The van der Waals surface area contributed by atoms with Crippen molar-refractivity contribution in [1.29, 1.82) is 0 Å². The maximum Gasteiger partial charge on any atom is 0.223 e. The molecule has 3 rings (SSSR count). The van der Waals surface area contributed by atoms with Gasteiger partial charge in [0.1, 0.15) is 5.52 Å². The molecule has 0 spiro atoms. The number of benzene rings is 1. The highest BCUT2D eigenvalue weighted by molar-refractivity contribution is 7.71. The minimum atomic E-state index is -0.917. The number of nitrogens with one attached hydrogen (secondary N) is 1. The highest BCUT2D eigenvalue weighted by Crippen LogP contribution is 2.20. The van der Waals surface area contributed by atoms with Crippen molar-refractivity contribution in [3.63, 3.8) is 0 Å². The van der Waals surface area contributed by atoms with Crippen molar-refractivity contribution in [2.24, 2.45) is 0 Å². The lowest BCUT2D eigenvalue weighted by molar-refractivity contribution is 0.386. The van der Waals surface area contributed by atoms with Crippen LogP contribution < -0.4 is 0 Å².